The highest BCUT2D eigenvalue weighted by Crippen LogP contribution is 2.54. The lowest BCUT2D eigenvalue weighted by Gasteiger charge is -2.30. The van der Waals surface area contributed by atoms with E-state index in [-0.39, 0.29) is 24.3 Å². The molecule has 0 radical (unpaired) electrons. The van der Waals surface area contributed by atoms with E-state index in [0.29, 0.717) is 24.3 Å². The normalized spacial score (nSPS) is 31.4. The molecule has 0 aromatic heterocycles. The molecule has 1 spiro atoms. The number of fused-ring (bicyclic) bond motifs is 4. The second-order valence-corrected chi connectivity index (χ2v) is 8.36. The standard InChI is InChI=1S/C21H27N3O5/c1-10-8-11(2)16-13(9-10)21(20(28)22-16)15-14(17(23-21)12(3)25)18(26)24(19(15)27)6-5-7-29-4/h8-9,12,14-15,17,23,25H,5-7H2,1-4H3,(H,22,28)/t12?,14-,15-,17?,21?/m1/s1. The Balaban J connectivity index is 1.84. The first-order valence-corrected chi connectivity index (χ1v) is 9.97. The topological polar surface area (TPSA) is 108 Å². The monoisotopic (exact) mass is 401 g/mol. The van der Waals surface area contributed by atoms with Crippen molar-refractivity contribution in [1.29, 1.82) is 0 Å². The van der Waals surface area contributed by atoms with Gasteiger partial charge in [0.25, 0.3) is 0 Å². The summed E-state index contributed by atoms with van der Waals surface area (Å²) in [6, 6.07) is 3.16. The Morgan fingerprint density at radius 2 is 1.97 bits per heavy atom. The SMILES string of the molecule is COCCCN1C(=O)[C@H]2C(C(C)O)NC3(C(=O)Nc4c(C)cc(C)cc43)[C@H]2C1=O. The van der Waals surface area contributed by atoms with Crippen LogP contribution in [0.3, 0.4) is 0 Å². The van der Waals surface area contributed by atoms with Crippen LogP contribution in [0.5, 0.6) is 0 Å². The number of hydrogen-bond donors (Lipinski definition) is 3. The zero-order valence-corrected chi connectivity index (χ0v) is 17.1. The van der Waals surface area contributed by atoms with Crippen LogP contribution in [-0.2, 0) is 24.7 Å². The number of rotatable bonds is 5. The van der Waals surface area contributed by atoms with Gasteiger partial charge in [0.15, 0.2) is 0 Å². The summed E-state index contributed by atoms with van der Waals surface area (Å²) in [4.78, 5) is 41.1. The summed E-state index contributed by atoms with van der Waals surface area (Å²) in [5.41, 5.74) is 1.86. The van der Waals surface area contributed by atoms with Gasteiger partial charge < -0.3 is 15.2 Å². The maximum Gasteiger partial charge on any atom is 0.250 e. The predicted octanol–water partition coefficient (Wildman–Crippen LogP) is 0.441. The number of ether oxygens (including phenoxy) is 1. The summed E-state index contributed by atoms with van der Waals surface area (Å²) in [5, 5.41) is 16.5. The van der Waals surface area contributed by atoms with Crippen LogP contribution in [0.1, 0.15) is 30.0 Å². The molecule has 156 valence electrons. The second-order valence-electron chi connectivity index (χ2n) is 8.36. The number of methoxy groups -OCH3 is 1. The van der Waals surface area contributed by atoms with Gasteiger partial charge in [-0.25, -0.2) is 0 Å². The minimum absolute atomic E-state index is 0.239. The molecule has 3 N–H and O–H groups in total. The van der Waals surface area contributed by atoms with Crippen molar-refractivity contribution in [3.63, 3.8) is 0 Å². The largest absolute Gasteiger partial charge is 0.392 e. The Hall–Kier alpha value is -2.29. The van der Waals surface area contributed by atoms with E-state index in [4.69, 9.17) is 4.74 Å². The third-order valence-electron chi connectivity index (χ3n) is 6.44. The molecule has 2 saturated heterocycles. The number of nitrogens with zero attached hydrogens (tertiary/aromatic N) is 1. The number of likely N-dealkylation sites (tertiary alicyclic amines) is 1. The van der Waals surface area contributed by atoms with Crippen molar-refractivity contribution in [2.24, 2.45) is 11.8 Å². The number of anilines is 1. The molecule has 0 aliphatic carbocycles. The fourth-order valence-corrected chi connectivity index (χ4v) is 5.25. The molecule has 2 fully saturated rings. The highest BCUT2D eigenvalue weighted by molar-refractivity contribution is 6.15. The van der Waals surface area contributed by atoms with E-state index in [2.05, 4.69) is 10.6 Å². The van der Waals surface area contributed by atoms with Crippen LogP contribution in [0.2, 0.25) is 0 Å². The van der Waals surface area contributed by atoms with Gasteiger partial charge in [-0.15, -0.1) is 0 Å². The van der Waals surface area contributed by atoms with Crippen LogP contribution >= 0.6 is 0 Å². The Kier molecular flexibility index (Phi) is 4.76. The van der Waals surface area contributed by atoms with E-state index in [1.165, 1.54) is 4.90 Å². The second kappa shape index (κ2) is 6.90. The first kappa shape index (κ1) is 20.0. The molecule has 3 heterocycles. The zero-order valence-electron chi connectivity index (χ0n) is 17.1. The number of imide groups is 1. The lowest BCUT2D eigenvalue weighted by molar-refractivity contribution is -0.143. The van der Waals surface area contributed by atoms with E-state index < -0.39 is 29.5 Å². The molecule has 0 bridgehead atoms. The highest BCUT2D eigenvalue weighted by Gasteiger charge is 2.71. The van der Waals surface area contributed by atoms with Crippen molar-refractivity contribution >= 4 is 23.4 Å². The van der Waals surface area contributed by atoms with E-state index in [1.807, 2.05) is 26.0 Å². The van der Waals surface area contributed by atoms with Crippen molar-refractivity contribution < 1.29 is 24.2 Å². The van der Waals surface area contributed by atoms with Crippen molar-refractivity contribution in [1.82, 2.24) is 10.2 Å². The summed E-state index contributed by atoms with van der Waals surface area (Å²) < 4.78 is 5.04. The number of carbonyl (C=O) groups excluding carboxylic acids is 3. The summed E-state index contributed by atoms with van der Waals surface area (Å²) in [5.74, 6) is -2.73. The minimum atomic E-state index is -1.36. The predicted molar refractivity (Wildman–Crippen MR) is 105 cm³/mol. The smallest absolute Gasteiger partial charge is 0.250 e. The molecular weight excluding hydrogens is 374 g/mol. The van der Waals surface area contributed by atoms with Gasteiger partial charge in [-0.2, -0.15) is 0 Å². The van der Waals surface area contributed by atoms with Crippen LogP contribution in [0.25, 0.3) is 0 Å². The summed E-state index contributed by atoms with van der Waals surface area (Å²) in [6.45, 7) is 6.08. The number of hydrogen-bond acceptors (Lipinski definition) is 6. The number of nitrogens with one attached hydrogen (secondary N) is 2. The molecule has 3 aliphatic heterocycles. The van der Waals surface area contributed by atoms with Crippen molar-refractivity contribution in [2.45, 2.75) is 44.9 Å². The molecule has 4 rings (SSSR count). The molecule has 3 aliphatic rings. The Morgan fingerprint density at radius 1 is 1.24 bits per heavy atom. The average molecular weight is 401 g/mol. The van der Waals surface area contributed by atoms with Gasteiger partial charge in [-0.1, -0.05) is 17.7 Å². The lowest BCUT2D eigenvalue weighted by Crippen LogP contribution is -2.54. The van der Waals surface area contributed by atoms with E-state index in [9.17, 15) is 19.5 Å². The molecule has 3 unspecified atom stereocenters. The van der Waals surface area contributed by atoms with Gasteiger partial charge in [-0.3, -0.25) is 24.6 Å². The van der Waals surface area contributed by atoms with E-state index >= 15 is 0 Å². The third kappa shape index (κ3) is 2.66. The number of benzene rings is 1. The van der Waals surface area contributed by atoms with Gasteiger partial charge in [-0.05, 0) is 32.8 Å². The van der Waals surface area contributed by atoms with Gasteiger partial charge in [0.2, 0.25) is 17.7 Å². The molecule has 0 saturated carbocycles. The van der Waals surface area contributed by atoms with Crippen molar-refractivity contribution in [3.05, 3.63) is 28.8 Å². The van der Waals surface area contributed by atoms with Crippen LogP contribution in [0, 0.1) is 25.7 Å². The Bertz CT molecular complexity index is 899. The molecule has 8 nitrogen and oxygen atoms in total. The quantitative estimate of drug-likeness (QED) is 0.488. The summed E-state index contributed by atoms with van der Waals surface area (Å²) in [7, 11) is 1.56. The molecule has 1 aromatic carbocycles. The average Bonchev–Trinajstić information content (AvgIpc) is 3.24. The molecule has 8 heteroatoms. The fraction of sp³-hybridized carbons (Fsp3) is 0.571. The molecule has 29 heavy (non-hydrogen) atoms. The van der Waals surface area contributed by atoms with Crippen molar-refractivity contribution in [3.8, 4) is 0 Å². The van der Waals surface area contributed by atoms with Gasteiger partial charge in [0.05, 0.1) is 17.9 Å². The first-order valence-electron chi connectivity index (χ1n) is 9.97. The van der Waals surface area contributed by atoms with Crippen molar-refractivity contribution in [2.75, 3.05) is 25.6 Å². The van der Waals surface area contributed by atoms with Gasteiger partial charge in [0, 0.05) is 37.6 Å². The number of amides is 3. The Labute approximate surface area is 169 Å². The highest BCUT2D eigenvalue weighted by atomic mass is 16.5. The molecule has 5 atom stereocenters. The number of aliphatic hydroxyl groups excluding tert-OH is 1. The molecule has 3 amide bonds. The van der Waals surface area contributed by atoms with Crippen LogP contribution < -0.4 is 10.6 Å². The van der Waals surface area contributed by atoms with Gasteiger partial charge >= 0.3 is 0 Å². The van der Waals surface area contributed by atoms with Crippen LogP contribution in [0.4, 0.5) is 5.69 Å². The lowest BCUT2D eigenvalue weighted by atomic mass is 9.75. The fourth-order valence-electron chi connectivity index (χ4n) is 5.25. The summed E-state index contributed by atoms with van der Waals surface area (Å²) >= 11 is 0. The number of aryl methyl sites for hydroxylation is 2. The van der Waals surface area contributed by atoms with Crippen LogP contribution in [0.15, 0.2) is 12.1 Å². The molecular formula is C21H27N3O5. The van der Waals surface area contributed by atoms with Gasteiger partial charge in [0.1, 0.15) is 5.54 Å². The minimum Gasteiger partial charge on any atom is -0.392 e. The summed E-state index contributed by atoms with van der Waals surface area (Å²) in [6.07, 6.45) is -0.380. The first-order chi connectivity index (χ1) is 13.7. The number of carbonyl (C=O) groups is 3. The maximum absolute atomic E-state index is 13.4. The zero-order chi connectivity index (χ0) is 21.1. The maximum atomic E-state index is 13.4. The third-order valence-corrected chi connectivity index (χ3v) is 6.44. The number of aliphatic hydroxyl groups is 1. The van der Waals surface area contributed by atoms with E-state index in [0.717, 1.165) is 11.1 Å². The molecule has 1 aromatic rings. The Morgan fingerprint density at radius 3 is 2.62 bits per heavy atom. The van der Waals surface area contributed by atoms with E-state index in [1.54, 1.807) is 14.0 Å². The van der Waals surface area contributed by atoms with Crippen LogP contribution in [-0.4, -0.2) is 60.1 Å².